The number of amides is 1. The van der Waals surface area contributed by atoms with E-state index < -0.39 is 0 Å². The Kier molecular flexibility index (Phi) is 4.19. The first-order valence-electron chi connectivity index (χ1n) is 7.37. The van der Waals surface area contributed by atoms with Gasteiger partial charge >= 0.3 is 0 Å². The summed E-state index contributed by atoms with van der Waals surface area (Å²) in [4.78, 5) is 14.5. The van der Waals surface area contributed by atoms with Crippen molar-refractivity contribution in [3.05, 3.63) is 34.3 Å². The number of aliphatic hydroxyl groups is 1. The Morgan fingerprint density at radius 3 is 2.67 bits per heavy atom. The average molecular weight is 304 g/mol. The first-order valence-corrected chi connectivity index (χ1v) is 7.75. The van der Waals surface area contributed by atoms with E-state index in [4.69, 9.17) is 16.7 Å². The molecule has 3 nitrogen and oxygen atoms in total. The molecule has 3 rings (SSSR count). The molecule has 1 aliphatic carbocycles. The van der Waals surface area contributed by atoms with Gasteiger partial charge in [0.25, 0.3) is 5.91 Å². The van der Waals surface area contributed by atoms with Gasteiger partial charge in [-0.25, -0.2) is 0 Å². The van der Waals surface area contributed by atoms with Gasteiger partial charge in [0.05, 0.1) is 5.02 Å². The minimum Gasteiger partial charge on any atom is -0.384 e. The summed E-state index contributed by atoms with van der Waals surface area (Å²) in [5.41, 5.74) is 1.26. The first kappa shape index (κ1) is 14.4. The molecular weight excluding hydrogens is 286 g/mol. The standard InChI is InChI=1S/C17H18ClNO2/c18-16-9-13(7-6-12(16)5-2-8-20)17(21)19-10-14-3-1-4-15(14)11-19/h6-7,9,14-15,20H,1,3-4,8,10-11H2. The van der Waals surface area contributed by atoms with Crippen LogP contribution < -0.4 is 0 Å². The van der Waals surface area contributed by atoms with Gasteiger partial charge in [0.2, 0.25) is 0 Å². The SMILES string of the molecule is O=C(c1ccc(C#CCO)c(Cl)c1)N1CC2CCCC2C1. The number of benzene rings is 1. The molecular formula is C17H18ClNO2. The first-order chi connectivity index (χ1) is 10.2. The van der Waals surface area contributed by atoms with E-state index in [2.05, 4.69) is 11.8 Å². The Hall–Kier alpha value is -1.50. The molecule has 1 saturated heterocycles. The summed E-state index contributed by atoms with van der Waals surface area (Å²) in [5, 5.41) is 9.17. The van der Waals surface area contributed by atoms with Gasteiger partial charge < -0.3 is 10.0 Å². The molecule has 0 spiro atoms. The van der Waals surface area contributed by atoms with Gasteiger partial charge in [-0.15, -0.1) is 0 Å². The van der Waals surface area contributed by atoms with Crippen LogP contribution in [-0.2, 0) is 0 Å². The molecule has 1 aromatic rings. The number of hydrogen-bond donors (Lipinski definition) is 1. The van der Waals surface area contributed by atoms with E-state index in [1.165, 1.54) is 19.3 Å². The van der Waals surface area contributed by atoms with E-state index in [0.29, 0.717) is 28.0 Å². The van der Waals surface area contributed by atoms with E-state index in [-0.39, 0.29) is 12.5 Å². The van der Waals surface area contributed by atoms with Crippen LogP contribution in [0.4, 0.5) is 0 Å². The number of halogens is 1. The van der Waals surface area contributed by atoms with Gasteiger partial charge in [0.15, 0.2) is 0 Å². The molecule has 1 amide bonds. The van der Waals surface area contributed by atoms with Crippen LogP contribution in [0.3, 0.4) is 0 Å². The van der Waals surface area contributed by atoms with Crippen LogP contribution in [0, 0.1) is 23.7 Å². The molecule has 2 fully saturated rings. The molecule has 1 aromatic carbocycles. The molecule has 4 heteroatoms. The highest BCUT2D eigenvalue weighted by molar-refractivity contribution is 6.32. The normalized spacial score (nSPS) is 23.6. The van der Waals surface area contributed by atoms with E-state index in [9.17, 15) is 4.79 Å². The maximum Gasteiger partial charge on any atom is 0.253 e. The summed E-state index contributed by atoms with van der Waals surface area (Å²) < 4.78 is 0. The number of likely N-dealkylation sites (tertiary alicyclic amines) is 1. The van der Waals surface area contributed by atoms with Crippen LogP contribution in [0.5, 0.6) is 0 Å². The third kappa shape index (κ3) is 2.92. The molecule has 110 valence electrons. The summed E-state index contributed by atoms with van der Waals surface area (Å²) in [6, 6.07) is 5.19. The van der Waals surface area contributed by atoms with Crippen molar-refractivity contribution in [3.8, 4) is 11.8 Å². The molecule has 1 heterocycles. The molecule has 1 N–H and O–H groups in total. The van der Waals surface area contributed by atoms with Crippen molar-refractivity contribution in [2.75, 3.05) is 19.7 Å². The van der Waals surface area contributed by atoms with Crippen LogP contribution in [0.2, 0.25) is 5.02 Å². The molecule has 0 aromatic heterocycles. The maximum atomic E-state index is 12.5. The number of carbonyl (C=O) groups excluding carboxylic acids is 1. The fraction of sp³-hybridized carbons (Fsp3) is 0.471. The summed E-state index contributed by atoms with van der Waals surface area (Å²) in [6.07, 6.45) is 3.82. The van der Waals surface area contributed by atoms with E-state index in [1.54, 1.807) is 18.2 Å². The molecule has 2 atom stereocenters. The fourth-order valence-corrected chi connectivity index (χ4v) is 3.70. The van der Waals surface area contributed by atoms with Gasteiger partial charge in [-0.05, 0) is 42.9 Å². The summed E-state index contributed by atoms with van der Waals surface area (Å²) in [6.45, 7) is 1.56. The largest absolute Gasteiger partial charge is 0.384 e. The quantitative estimate of drug-likeness (QED) is 0.810. The van der Waals surface area contributed by atoms with Crippen LogP contribution in [0.1, 0.15) is 35.2 Å². The molecule has 1 saturated carbocycles. The van der Waals surface area contributed by atoms with Crippen molar-refractivity contribution in [2.45, 2.75) is 19.3 Å². The highest BCUT2D eigenvalue weighted by Gasteiger charge is 2.38. The smallest absolute Gasteiger partial charge is 0.253 e. The average Bonchev–Trinajstić information content (AvgIpc) is 3.06. The van der Waals surface area contributed by atoms with Crippen molar-refractivity contribution >= 4 is 17.5 Å². The Labute approximate surface area is 129 Å². The Morgan fingerprint density at radius 1 is 1.33 bits per heavy atom. The summed E-state index contributed by atoms with van der Waals surface area (Å²) in [7, 11) is 0. The number of aliphatic hydroxyl groups excluding tert-OH is 1. The molecule has 0 bridgehead atoms. The highest BCUT2D eigenvalue weighted by Crippen LogP contribution is 2.38. The Morgan fingerprint density at radius 2 is 2.05 bits per heavy atom. The predicted octanol–water partition coefficient (Wildman–Crippen LogP) is 2.56. The van der Waals surface area contributed by atoms with Crippen LogP contribution >= 0.6 is 11.6 Å². The molecule has 21 heavy (non-hydrogen) atoms. The number of rotatable bonds is 1. The minimum atomic E-state index is -0.201. The topological polar surface area (TPSA) is 40.5 Å². The predicted molar refractivity (Wildman–Crippen MR) is 82.2 cm³/mol. The van der Waals surface area contributed by atoms with Gasteiger partial charge in [-0.1, -0.05) is 29.9 Å². The number of nitrogens with zero attached hydrogens (tertiary/aromatic N) is 1. The monoisotopic (exact) mass is 303 g/mol. The Bertz CT molecular complexity index is 605. The highest BCUT2D eigenvalue weighted by atomic mass is 35.5. The third-order valence-corrected chi connectivity index (χ3v) is 4.84. The zero-order valence-electron chi connectivity index (χ0n) is 11.8. The number of fused-ring (bicyclic) bond motifs is 1. The molecule has 2 aliphatic rings. The second-order valence-electron chi connectivity index (χ2n) is 5.82. The van der Waals surface area contributed by atoms with Crippen molar-refractivity contribution < 1.29 is 9.90 Å². The van der Waals surface area contributed by atoms with E-state index in [1.807, 2.05) is 4.90 Å². The number of hydrogen-bond acceptors (Lipinski definition) is 2. The second-order valence-corrected chi connectivity index (χ2v) is 6.22. The fourth-order valence-electron chi connectivity index (χ4n) is 3.47. The molecule has 2 unspecified atom stereocenters. The van der Waals surface area contributed by atoms with Crippen molar-refractivity contribution in [1.29, 1.82) is 0 Å². The Balaban J connectivity index is 1.75. The second kappa shape index (κ2) is 6.09. The van der Waals surface area contributed by atoms with Crippen LogP contribution in [0.15, 0.2) is 18.2 Å². The lowest BCUT2D eigenvalue weighted by atomic mass is 10.0. The van der Waals surface area contributed by atoms with Gasteiger partial charge in [-0.2, -0.15) is 0 Å². The summed E-state index contributed by atoms with van der Waals surface area (Å²) >= 11 is 6.16. The molecule has 0 radical (unpaired) electrons. The van der Waals surface area contributed by atoms with Crippen LogP contribution in [0.25, 0.3) is 0 Å². The van der Waals surface area contributed by atoms with E-state index >= 15 is 0 Å². The van der Waals surface area contributed by atoms with E-state index in [0.717, 1.165) is 13.1 Å². The lowest BCUT2D eigenvalue weighted by molar-refractivity contribution is 0.0780. The van der Waals surface area contributed by atoms with Crippen LogP contribution in [-0.4, -0.2) is 35.6 Å². The molecule has 1 aliphatic heterocycles. The number of carbonyl (C=O) groups is 1. The van der Waals surface area contributed by atoms with Crippen molar-refractivity contribution in [1.82, 2.24) is 4.90 Å². The van der Waals surface area contributed by atoms with Gasteiger partial charge in [0, 0.05) is 24.2 Å². The van der Waals surface area contributed by atoms with Gasteiger partial charge in [-0.3, -0.25) is 4.79 Å². The van der Waals surface area contributed by atoms with Gasteiger partial charge in [0.1, 0.15) is 6.61 Å². The summed E-state index contributed by atoms with van der Waals surface area (Å²) in [5.74, 6) is 6.79. The lowest BCUT2D eigenvalue weighted by Gasteiger charge is -2.17. The maximum absolute atomic E-state index is 12.5. The lowest BCUT2D eigenvalue weighted by Crippen LogP contribution is -2.29. The zero-order valence-corrected chi connectivity index (χ0v) is 12.6. The van der Waals surface area contributed by atoms with Crippen molar-refractivity contribution in [2.24, 2.45) is 11.8 Å². The zero-order chi connectivity index (χ0) is 14.8. The third-order valence-electron chi connectivity index (χ3n) is 4.53. The minimum absolute atomic E-state index is 0.0629. The van der Waals surface area contributed by atoms with Crippen molar-refractivity contribution in [3.63, 3.8) is 0 Å².